The van der Waals surface area contributed by atoms with Gasteiger partial charge in [0.1, 0.15) is 12.2 Å². The molecule has 0 aliphatic carbocycles. The van der Waals surface area contributed by atoms with E-state index in [-0.39, 0.29) is 12.2 Å². The summed E-state index contributed by atoms with van der Waals surface area (Å²) in [6, 6.07) is 8.05. The molecule has 2 N–H and O–H groups in total. The summed E-state index contributed by atoms with van der Waals surface area (Å²) >= 11 is 0. The van der Waals surface area contributed by atoms with Crippen LogP contribution in [0.3, 0.4) is 0 Å². The summed E-state index contributed by atoms with van der Waals surface area (Å²) in [5, 5.41) is 0. The average Bonchev–Trinajstić information content (AvgIpc) is 2.34. The molecule has 1 aromatic rings. The van der Waals surface area contributed by atoms with Gasteiger partial charge in [-0.2, -0.15) is 0 Å². The van der Waals surface area contributed by atoms with Gasteiger partial charge in [0, 0.05) is 6.54 Å². The zero-order chi connectivity index (χ0) is 13.4. The third-order valence-electron chi connectivity index (χ3n) is 2.52. The van der Waals surface area contributed by atoms with Crippen molar-refractivity contribution in [2.45, 2.75) is 32.7 Å². The molecule has 0 aliphatic heterocycles. The molecule has 0 saturated carbocycles. The van der Waals surface area contributed by atoms with Crippen LogP contribution in [0.2, 0.25) is 0 Å². The lowest BCUT2D eigenvalue weighted by atomic mass is 10.1. The molecule has 0 aromatic heterocycles. The van der Waals surface area contributed by atoms with Crippen molar-refractivity contribution in [3.05, 3.63) is 35.4 Å². The van der Waals surface area contributed by atoms with E-state index in [1.165, 1.54) is 12.5 Å². The first-order chi connectivity index (χ1) is 8.61. The molecule has 0 bridgehead atoms. The SMILES string of the molecule is CC(=O)CC(=O)OCCCc1ccc(CN)cc1. The lowest BCUT2D eigenvalue weighted by molar-refractivity contribution is -0.145. The van der Waals surface area contributed by atoms with Gasteiger partial charge in [-0.1, -0.05) is 24.3 Å². The van der Waals surface area contributed by atoms with Gasteiger partial charge in [-0.25, -0.2) is 0 Å². The number of esters is 1. The molecule has 18 heavy (non-hydrogen) atoms. The number of carbonyl (C=O) groups excluding carboxylic acids is 2. The van der Waals surface area contributed by atoms with Crippen LogP contribution in [0.4, 0.5) is 0 Å². The summed E-state index contributed by atoms with van der Waals surface area (Å²) in [7, 11) is 0. The van der Waals surface area contributed by atoms with E-state index in [2.05, 4.69) is 0 Å². The van der Waals surface area contributed by atoms with Gasteiger partial charge >= 0.3 is 5.97 Å². The molecule has 0 amide bonds. The molecule has 0 radical (unpaired) electrons. The van der Waals surface area contributed by atoms with Crippen LogP contribution in [0.25, 0.3) is 0 Å². The van der Waals surface area contributed by atoms with E-state index in [0.29, 0.717) is 13.2 Å². The van der Waals surface area contributed by atoms with Crippen LogP contribution < -0.4 is 5.73 Å². The molecule has 0 heterocycles. The van der Waals surface area contributed by atoms with Crippen LogP contribution in [0.5, 0.6) is 0 Å². The van der Waals surface area contributed by atoms with Crippen molar-refractivity contribution >= 4 is 11.8 Å². The molecule has 1 rings (SSSR count). The molecule has 0 atom stereocenters. The largest absolute Gasteiger partial charge is 0.465 e. The van der Waals surface area contributed by atoms with E-state index in [1.807, 2.05) is 24.3 Å². The number of rotatable bonds is 7. The Morgan fingerprint density at radius 1 is 1.17 bits per heavy atom. The van der Waals surface area contributed by atoms with Crippen LogP contribution in [-0.4, -0.2) is 18.4 Å². The highest BCUT2D eigenvalue weighted by Crippen LogP contribution is 2.06. The summed E-state index contributed by atoms with van der Waals surface area (Å²) in [4.78, 5) is 21.7. The number of nitrogens with two attached hydrogens (primary N) is 1. The third kappa shape index (κ3) is 5.59. The predicted octanol–water partition coefficient (Wildman–Crippen LogP) is 1.60. The summed E-state index contributed by atoms with van der Waals surface area (Å²) in [5.41, 5.74) is 7.80. The van der Waals surface area contributed by atoms with E-state index in [1.54, 1.807) is 0 Å². The fraction of sp³-hybridized carbons (Fsp3) is 0.429. The molecular weight excluding hydrogens is 230 g/mol. The van der Waals surface area contributed by atoms with E-state index < -0.39 is 5.97 Å². The summed E-state index contributed by atoms with van der Waals surface area (Å²) in [5.74, 6) is -0.613. The number of ether oxygens (including phenoxy) is 1. The Balaban J connectivity index is 2.21. The Morgan fingerprint density at radius 2 is 1.78 bits per heavy atom. The number of benzene rings is 1. The highest BCUT2D eigenvalue weighted by molar-refractivity contribution is 5.94. The Hall–Kier alpha value is -1.68. The van der Waals surface area contributed by atoms with E-state index in [0.717, 1.165) is 18.4 Å². The smallest absolute Gasteiger partial charge is 0.313 e. The number of carbonyl (C=O) groups is 2. The van der Waals surface area contributed by atoms with Gasteiger partial charge in [-0.15, -0.1) is 0 Å². The minimum Gasteiger partial charge on any atom is -0.465 e. The molecule has 1 aromatic carbocycles. The third-order valence-corrected chi connectivity index (χ3v) is 2.52. The number of Topliss-reactive ketones (excluding diaryl/α,β-unsaturated/α-hetero) is 1. The maximum absolute atomic E-state index is 11.1. The van der Waals surface area contributed by atoms with Crippen LogP contribution in [-0.2, 0) is 27.3 Å². The molecule has 0 spiro atoms. The van der Waals surface area contributed by atoms with Crippen LogP contribution in [0.15, 0.2) is 24.3 Å². The Bertz CT molecular complexity index is 398. The van der Waals surface area contributed by atoms with Crippen molar-refractivity contribution in [2.24, 2.45) is 5.73 Å². The van der Waals surface area contributed by atoms with Gasteiger partial charge in [0.05, 0.1) is 6.61 Å². The topological polar surface area (TPSA) is 69.4 Å². The fourth-order valence-corrected chi connectivity index (χ4v) is 1.56. The summed E-state index contributed by atoms with van der Waals surface area (Å²) < 4.78 is 4.94. The van der Waals surface area contributed by atoms with E-state index in [4.69, 9.17) is 10.5 Å². The van der Waals surface area contributed by atoms with Crippen LogP contribution >= 0.6 is 0 Å². The molecule has 0 unspecified atom stereocenters. The molecule has 0 fully saturated rings. The highest BCUT2D eigenvalue weighted by atomic mass is 16.5. The van der Waals surface area contributed by atoms with Crippen LogP contribution in [0.1, 0.15) is 30.9 Å². The summed E-state index contributed by atoms with van der Waals surface area (Å²) in [6.45, 7) is 2.27. The molecule has 4 heteroatoms. The van der Waals surface area contributed by atoms with Crippen molar-refractivity contribution in [2.75, 3.05) is 6.61 Å². The van der Waals surface area contributed by atoms with Gasteiger partial charge in [-0.3, -0.25) is 9.59 Å². The second-order valence-corrected chi connectivity index (χ2v) is 4.22. The molecule has 0 saturated heterocycles. The quantitative estimate of drug-likeness (QED) is 0.452. The molecule has 98 valence electrons. The minimum atomic E-state index is -0.444. The highest BCUT2D eigenvalue weighted by Gasteiger charge is 2.05. The predicted molar refractivity (Wildman–Crippen MR) is 68.9 cm³/mol. The van der Waals surface area contributed by atoms with Gasteiger partial charge in [0.2, 0.25) is 0 Å². The van der Waals surface area contributed by atoms with Gasteiger partial charge in [-0.05, 0) is 30.9 Å². The zero-order valence-electron chi connectivity index (χ0n) is 10.6. The second-order valence-electron chi connectivity index (χ2n) is 4.22. The lowest BCUT2D eigenvalue weighted by Gasteiger charge is -2.04. The van der Waals surface area contributed by atoms with Crippen molar-refractivity contribution in [1.82, 2.24) is 0 Å². The first-order valence-corrected chi connectivity index (χ1v) is 6.04. The number of hydrogen-bond acceptors (Lipinski definition) is 4. The Morgan fingerprint density at radius 3 is 2.33 bits per heavy atom. The van der Waals surface area contributed by atoms with Crippen molar-refractivity contribution in [3.63, 3.8) is 0 Å². The maximum Gasteiger partial charge on any atom is 0.313 e. The normalized spacial score (nSPS) is 10.1. The molecule has 4 nitrogen and oxygen atoms in total. The maximum atomic E-state index is 11.1. The fourth-order valence-electron chi connectivity index (χ4n) is 1.56. The molecule has 0 aliphatic rings. The van der Waals surface area contributed by atoms with E-state index >= 15 is 0 Å². The first-order valence-electron chi connectivity index (χ1n) is 6.04. The molecular formula is C14H19NO3. The number of hydrogen-bond donors (Lipinski definition) is 1. The first kappa shape index (κ1) is 14.4. The summed E-state index contributed by atoms with van der Waals surface area (Å²) in [6.07, 6.45) is 1.47. The Kier molecular flexibility index (Phi) is 6.08. The van der Waals surface area contributed by atoms with Gasteiger partial charge in [0.25, 0.3) is 0 Å². The minimum absolute atomic E-state index is 0.134. The Labute approximate surface area is 107 Å². The van der Waals surface area contributed by atoms with E-state index in [9.17, 15) is 9.59 Å². The van der Waals surface area contributed by atoms with Crippen molar-refractivity contribution in [3.8, 4) is 0 Å². The lowest BCUT2D eigenvalue weighted by Crippen LogP contribution is -2.10. The standard InChI is InChI=1S/C14H19NO3/c1-11(16)9-14(17)18-8-2-3-12-4-6-13(10-15)7-5-12/h4-7H,2-3,8-10,15H2,1H3. The average molecular weight is 249 g/mol. The zero-order valence-corrected chi connectivity index (χ0v) is 10.6. The number of ketones is 1. The van der Waals surface area contributed by atoms with Crippen molar-refractivity contribution in [1.29, 1.82) is 0 Å². The number of aryl methyl sites for hydroxylation is 1. The monoisotopic (exact) mass is 249 g/mol. The van der Waals surface area contributed by atoms with Crippen molar-refractivity contribution < 1.29 is 14.3 Å². The van der Waals surface area contributed by atoms with Gasteiger partial charge < -0.3 is 10.5 Å². The second kappa shape index (κ2) is 7.61. The van der Waals surface area contributed by atoms with Gasteiger partial charge in [0.15, 0.2) is 0 Å². The van der Waals surface area contributed by atoms with Crippen LogP contribution in [0, 0.1) is 0 Å².